The number of benzene rings is 3. The molecule has 0 radical (unpaired) electrons. The highest BCUT2D eigenvalue weighted by Gasteiger charge is 2.24. The zero-order valence-corrected chi connectivity index (χ0v) is 21.2. The molecule has 188 valence electrons. The fourth-order valence-electron chi connectivity index (χ4n) is 4.51. The lowest BCUT2D eigenvalue weighted by molar-refractivity contribution is -0.111. The number of anilines is 2. The molecule has 3 aromatic carbocycles. The van der Waals surface area contributed by atoms with Crippen LogP contribution in [0.2, 0.25) is 0 Å². The van der Waals surface area contributed by atoms with Crippen LogP contribution in [-0.2, 0) is 4.79 Å². The Balaban J connectivity index is 1.13. The fraction of sp³-hybridized carbons (Fsp3) is 0.226. The minimum atomic E-state index is -0.168. The van der Waals surface area contributed by atoms with E-state index in [-0.39, 0.29) is 11.8 Å². The second kappa shape index (κ2) is 10.7. The maximum atomic E-state index is 12.9. The largest absolute Gasteiger partial charge is 0.451 e. The Hall–Kier alpha value is -4.32. The summed E-state index contributed by atoms with van der Waals surface area (Å²) < 4.78 is 5.75. The van der Waals surface area contributed by atoms with E-state index in [9.17, 15) is 9.59 Å². The predicted molar refractivity (Wildman–Crippen MR) is 149 cm³/mol. The van der Waals surface area contributed by atoms with E-state index in [0.717, 1.165) is 41.0 Å². The summed E-state index contributed by atoms with van der Waals surface area (Å²) in [5.41, 5.74) is 4.81. The van der Waals surface area contributed by atoms with Crippen molar-refractivity contribution in [1.29, 1.82) is 0 Å². The first-order valence-electron chi connectivity index (χ1n) is 12.7. The molecule has 37 heavy (non-hydrogen) atoms. The van der Waals surface area contributed by atoms with E-state index in [2.05, 4.69) is 36.2 Å². The molecule has 0 atom stereocenters. The molecule has 0 spiro atoms. The molecular formula is C31H31N3O3. The van der Waals surface area contributed by atoms with Gasteiger partial charge in [0.2, 0.25) is 5.91 Å². The first-order chi connectivity index (χ1) is 18.0. The van der Waals surface area contributed by atoms with Gasteiger partial charge >= 0.3 is 0 Å². The number of furan rings is 1. The number of piperazine rings is 1. The molecule has 6 heteroatoms. The molecule has 1 aliphatic heterocycles. The van der Waals surface area contributed by atoms with Crippen LogP contribution in [0, 0.1) is 0 Å². The molecule has 1 N–H and O–H groups in total. The molecule has 0 saturated carbocycles. The highest BCUT2D eigenvalue weighted by Crippen LogP contribution is 2.23. The van der Waals surface area contributed by atoms with Crippen molar-refractivity contribution in [2.24, 2.45) is 0 Å². The summed E-state index contributed by atoms with van der Waals surface area (Å²) in [5.74, 6) is 0.630. The first kappa shape index (κ1) is 24.4. The number of hydrogen-bond acceptors (Lipinski definition) is 4. The van der Waals surface area contributed by atoms with Gasteiger partial charge in [0, 0.05) is 49.0 Å². The van der Waals surface area contributed by atoms with Crippen LogP contribution in [0.5, 0.6) is 0 Å². The molecule has 1 fully saturated rings. The van der Waals surface area contributed by atoms with Crippen LogP contribution < -0.4 is 10.2 Å². The van der Waals surface area contributed by atoms with Gasteiger partial charge in [0.05, 0.1) is 0 Å². The third-order valence-corrected chi connectivity index (χ3v) is 6.73. The van der Waals surface area contributed by atoms with Gasteiger partial charge < -0.3 is 19.5 Å². The quantitative estimate of drug-likeness (QED) is 0.326. The zero-order chi connectivity index (χ0) is 25.8. The Labute approximate surface area is 217 Å². The zero-order valence-electron chi connectivity index (χ0n) is 21.2. The van der Waals surface area contributed by atoms with Crippen molar-refractivity contribution in [2.45, 2.75) is 19.8 Å². The molecule has 0 bridgehead atoms. The van der Waals surface area contributed by atoms with E-state index in [4.69, 9.17) is 4.42 Å². The third kappa shape index (κ3) is 5.75. The number of rotatable bonds is 6. The van der Waals surface area contributed by atoms with Gasteiger partial charge in [-0.1, -0.05) is 56.3 Å². The summed E-state index contributed by atoms with van der Waals surface area (Å²) >= 11 is 0. The molecular weight excluding hydrogens is 462 g/mol. The Morgan fingerprint density at radius 2 is 1.59 bits per heavy atom. The topological polar surface area (TPSA) is 65.8 Å². The average molecular weight is 494 g/mol. The van der Waals surface area contributed by atoms with Gasteiger partial charge in [0.25, 0.3) is 5.91 Å². The number of fused-ring (bicyclic) bond motifs is 1. The Morgan fingerprint density at radius 1 is 0.892 bits per heavy atom. The summed E-state index contributed by atoms with van der Waals surface area (Å²) in [6.07, 6.45) is 3.37. The van der Waals surface area contributed by atoms with E-state index in [0.29, 0.717) is 24.8 Å². The predicted octanol–water partition coefficient (Wildman–Crippen LogP) is 6.17. The average Bonchev–Trinajstić information content (AvgIpc) is 3.37. The first-order valence-corrected chi connectivity index (χ1v) is 12.7. The second-order valence-electron chi connectivity index (χ2n) is 9.62. The van der Waals surface area contributed by atoms with Crippen molar-refractivity contribution in [3.63, 3.8) is 0 Å². The molecule has 5 rings (SSSR count). The van der Waals surface area contributed by atoms with E-state index in [1.807, 2.05) is 77.7 Å². The van der Waals surface area contributed by atoms with Gasteiger partial charge in [-0.25, -0.2) is 0 Å². The van der Waals surface area contributed by atoms with Crippen molar-refractivity contribution in [2.75, 3.05) is 36.4 Å². The summed E-state index contributed by atoms with van der Waals surface area (Å²) in [6.45, 7) is 7.03. The van der Waals surface area contributed by atoms with E-state index < -0.39 is 0 Å². The molecule has 1 aromatic heterocycles. The highest BCUT2D eigenvalue weighted by molar-refractivity contribution is 6.02. The van der Waals surface area contributed by atoms with Crippen molar-refractivity contribution in [3.8, 4) is 0 Å². The molecule has 2 heterocycles. The number of carbonyl (C=O) groups is 2. The van der Waals surface area contributed by atoms with Crippen molar-refractivity contribution >= 4 is 40.2 Å². The van der Waals surface area contributed by atoms with Crippen molar-refractivity contribution in [3.05, 3.63) is 102 Å². The van der Waals surface area contributed by atoms with Gasteiger partial charge in [-0.15, -0.1) is 0 Å². The lowest BCUT2D eigenvalue weighted by atomic mass is 10.0. The van der Waals surface area contributed by atoms with E-state index in [1.54, 1.807) is 6.08 Å². The number of carbonyl (C=O) groups excluding carboxylic acids is 2. The number of para-hydroxylation sites is 1. The molecule has 4 aromatic rings. The van der Waals surface area contributed by atoms with Gasteiger partial charge in [0.15, 0.2) is 5.76 Å². The van der Waals surface area contributed by atoms with Crippen LogP contribution in [0.25, 0.3) is 17.0 Å². The Bertz CT molecular complexity index is 1380. The summed E-state index contributed by atoms with van der Waals surface area (Å²) in [5, 5.41) is 3.85. The molecule has 1 saturated heterocycles. The van der Waals surface area contributed by atoms with Crippen LogP contribution in [0.1, 0.15) is 41.4 Å². The Kier molecular flexibility index (Phi) is 7.08. The minimum absolute atomic E-state index is 0.0715. The molecule has 2 amide bonds. The van der Waals surface area contributed by atoms with Crippen LogP contribution in [-0.4, -0.2) is 42.9 Å². The molecule has 1 aliphatic rings. The van der Waals surface area contributed by atoms with Crippen LogP contribution >= 0.6 is 0 Å². The minimum Gasteiger partial charge on any atom is -0.451 e. The smallest absolute Gasteiger partial charge is 0.289 e. The van der Waals surface area contributed by atoms with Crippen LogP contribution in [0.3, 0.4) is 0 Å². The molecule has 6 nitrogen and oxygen atoms in total. The normalized spacial score (nSPS) is 14.0. The summed E-state index contributed by atoms with van der Waals surface area (Å²) in [4.78, 5) is 29.4. The monoisotopic (exact) mass is 493 g/mol. The van der Waals surface area contributed by atoms with Gasteiger partial charge in [-0.05, 0) is 59.5 Å². The number of nitrogens with zero attached hydrogens (tertiary/aromatic N) is 2. The maximum absolute atomic E-state index is 12.9. The lowest BCUT2D eigenvalue weighted by Gasteiger charge is -2.35. The molecule has 0 unspecified atom stereocenters. The van der Waals surface area contributed by atoms with Gasteiger partial charge in [-0.2, -0.15) is 0 Å². The van der Waals surface area contributed by atoms with E-state index >= 15 is 0 Å². The van der Waals surface area contributed by atoms with Gasteiger partial charge in [0.1, 0.15) is 5.58 Å². The summed E-state index contributed by atoms with van der Waals surface area (Å²) in [7, 11) is 0. The lowest BCUT2D eigenvalue weighted by Crippen LogP contribution is -2.48. The number of hydrogen-bond donors (Lipinski definition) is 1. The third-order valence-electron chi connectivity index (χ3n) is 6.73. The SMILES string of the molecule is CC(C)c1ccc(/C=C/C(=O)Nc2ccc(N3CCN(C(=O)c4cc5ccccc5o4)CC3)cc2)cc1. The fourth-order valence-corrected chi connectivity index (χ4v) is 4.51. The maximum Gasteiger partial charge on any atom is 0.289 e. The molecule has 0 aliphatic carbocycles. The van der Waals surface area contributed by atoms with Crippen molar-refractivity contribution in [1.82, 2.24) is 4.90 Å². The van der Waals surface area contributed by atoms with Crippen LogP contribution in [0.4, 0.5) is 11.4 Å². The van der Waals surface area contributed by atoms with E-state index in [1.165, 1.54) is 5.56 Å². The number of nitrogens with one attached hydrogen (secondary N) is 1. The second-order valence-corrected chi connectivity index (χ2v) is 9.62. The van der Waals surface area contributed by atoms with Crippen molar-refractivity contribution < 1.29 is 14.0 Å². The standard InChI is InChI=1S/C31H31N3O3/c1-22(2)24-10-7-23(8-11-24)9-16-30(35)32-26-12-14-27(15-13-26)33-17-19-34(20-18-33)31(36)29-21-25-5-3-4-6-28(25)37-29/h3-16,21-22H,17-20H2,1-2H3,(H,32,35)/b16-9+. The number of amides is 2. The highest BCUT2D eigenvalue weighted by atomic mass is 16.3. The Morgan fingerprint density at radius 3 is 2.27 bits per heavy atom. The summed E-state index contributed by atoms with van der Waals surface area (Å²) in [6, 6.07) is 25.5. The van der Waals surface area contributed by atoms with Crippen LogP contribution in [0.15, 0.2) is 89.4 Å². The van der Waals surface area contributed by atoms with Gasteiger partial charge in [-0.3, -0.25) is 9.59 Å².